The molecule has 0 fully saturated rings. The molecule has 1 aliphatic rings. The number of amidine groups is 2. The highest BCUT2D eigenvalue weighted by atomic mass is 15.1. The molecule has 1 aromatic heterocycles. The van der Waals surface area contributed by atoms with Crippen molar-refractivity contribution in [1.82, 2.24) is 4.57 Å². The van der Waals surface area contributed by atoms with Gasteiger partial charge in [0.2, 0.25) is 0 Å². The lowest BCUT2D eigenvalue weighted by Gasteiger charge is -2.21. The van der Waals surface area contributed by atoms with Crippen LogP contribution in [0.4, 0.5) is 0 Å². The normalized spacial score (nSPS) is 13.6. The predicted octanol–water partition coefficient (Wildman–Crippen LogP) is 13.6. The lowest BCUT2D eigenvalue weighted by atomic mass is 9.82. The fourth-order valence-electron chi connectivity index (χ4n) is 9.28. The Kier molecular flexibility index (Phi) is 7.64. The topological polar surface area (TPSA) is 53.5 Å². The molecule has 0 bridgehead atoms. The minimum atomic E-state index is -0.119. The van der Waals surface area contributed by atoms with Gasteiger partial charge in [0, 0.05) is 38.3 Å². The smallest absolute Gasteiger partial charge is 0.163 e. The second-order valence-corrected chi connectivity index (χ2v) is 15.8. The summed E-state index contributed by atoms with van der Waals surface area (Å²) < 4.78 is 2.26. The molecule has 4 heteroatoms. The number of benzene rings is 9. The van der Waals surface area contributed by atoms with E-state index >= 15 is 0 Å². The quantitative estimate of drug-likeness (QED) is 0.138. The van der Waals surface area contributed by atoms with E-state index in [1.165, 1.54) is 33.0 Å². The van der Waals surface area contributed by atoms with Crippen molar-refractivity contribution in [2.24, 2.45) is 9.98 Å². The maximum Gasteiger partial charge on any atom is 0.163 e. The summed E-state index contributed by atoms with van der Waals surface area (Å²) in [5, 5.41) is 18.4. The summed E-state index contributed by atoms with van der Waals surface area (Å²) in [5.41, 5.74) is 11.2. The van der Waals surface area contributed by atoms with Crippen LogP contribution in [-0.2, 0) is 5.41 Å². The molecule has 1 heterocycles. The van der Waals surface area contributed by atoms with Crippen LogP contribution < -0.4 is 0 Å². The summed E-state index contributed by atoms with van der Waals surface area (Å²) in [4.78, 5) is 10.2. The van der Waals surface area contributed by atoms with Gasteiger partial charge in [-0.05, 0) is 66.9 Å². The Morgan fingerprint density at radius 1 is 0.500 bits per heavy atom. The van der Waals surface area contributed by atoms with Crippen LogP contribution in [0.1, 0.15) is 36.1 Å². The van der Waals surface area contributed by atoms with Gasteiger partial charge in [0.25, 0.3) is 0 Å². The molecular weight excluding hydrogens is 705 g/mol. The number of hydrogen-bond donors (Lipinski definition) is 1. The Labute approximate surface area is 336 Å². The Balaban J connectivity index is 1.16. The fourth-order valence-corrected chi connectivity index (χ4v) is 9.28. The Morgan fingerprint density at radius 2 is 1.14 bits per heavy atom. The lowest BCUT2D eigenvalue weighted by molar-refractivity contribution is 0.661. The van der Waals surface area contributed by atoms with Crippen LogP contribution in [0.25, 0.3) is 76.4 Å². The van der Waals surface area contributed by atoms with Crippen molar-refractivity contribution >= 4 is 72.1 Å². The van der Waals surface area contributed by atoms with Gasteiger partial charge in [-0.15, -0.1) is 0 Å². The molecule has 0 amide bonds. The number of para-hydroxylation sites is 1. The number of aliphatic imine (C=N–C) groups is 2. The molecule has 9 aromatic carbocycles. The highest BCUT2D eigenvalue weighted by Crippen LogP contribution is 2.52. The fraction of sp³-hybridized carbons (Fsp3) is 0.0556. The van der Waals surface area contributed by atoms with Crippen LogP contribution in [0, 0.1) is 5.41 Å². The van der Waals surface area contributed by atoms with Gasteiger partial charge in [-0.1, -0.05) is 184 Å². The van der Waals surface area contributed by atoms with Crippen LogP contribution in [0.2, 0.25) is 0 Å². The highest BCUT2D eigenvalue weighted by molar-refractivity contribution is 6.23. The van der Waals surface area contributed by atoms with E-state index < -0.39 is 0 Å². The number of fused-ring (bicyclic) bond motifs is 11. The summed E-state index contributed by atoms with van der Waals surface area (Å²) in [5.74, 6) is 0.624. The minimum Gasteiger partial charge on any atom is -0.298 e. The van der Waals surface area contributed by atoms with E-state index in [4.69, 9.17) is 15.4 Å². The Hall–Kier alpha value is -7.43. The van der Waals surface area contributed by atoms with Gasteiger partial charge in [-0.3, -0.25) is 9.98 Å². The molecule has 0 radical (unpaired) electrons. The zero-order valence-electron chi connectivity index (χ0n) is 32.2. The largest absolute Gasteiger partial charge is 0.298 e. The molecule has 274 valence electrons. The Morgan fingerprint density at radius 3 is 1.97 bits per heavy atom. The molecule has 0 spiro atoms. The number of rotatable bonds is 4. The standard InChI is InChI=1S/C54H38N4/c1-54(2)47-29-27-39(32-46(47)49-41-19-10-8-14-35(41)26-30-48(49)54)43-21-12-22-44-45-28-25-36-15-9-11-20-42(36)50(45)58(51(43)44)33-56-53(57-52(55)37-16-4-3-5-17-37)40-24-23-34-13-6-7-18-38(34)31-40/h3-33,55H,1-2H3. The van der Waals surface area contributed by atoms with Crippen LogP contribution >= 0.6 is 0 Å². The molecular formula is C54H38N4. The van der Waals surface area contributed by atoms with E-state index in [1.54, 1.807) is 0 Å². The number of aromatic nitrogens is 1. The second-order valence-electron chi connectivity index (χ2n) is 15.8. The zero-order chi connectivity index (χ0) is 39.0. The summed E-state index contributed by atoms with van der Waals surface area (Å²) >= 11 is 0. The Bertz CT molecular complexity index is 3380. The summed E-state index contributed by atoms with van der Waals surface area (Å²) in [6, 6.07) is 64.3. The third-order valence-corrected chi connectivity index (χ3v) is 12.2. The first kappa shape index (κ1) is 33.9. The van der Waals surface area contributed by atoms with Crippen molar-refractivity contribution in [1.29, 1.82) is 5.41 Å². The molecule has 1 aliphatic carbocycles. The maximum atomic E-state index is 9.06. The summed E-state index contributed by atoms with van der Waals surface area (Å²) in [7, 11) is 0. The van der Waals surface area contributed by atoms with Crippen molar-refractivity contribution in [3.8, 4) is 22.3 Å². The van der Waals surface area contributed by atoms with Crippen LogP contribution in [-0.4, -0.2) is 22.6 Å². The molecule has 4 nitrogen and oxygen atoms in total. The van der Waals surface area contributed by atoms with Gasteiger partial charge in [0.05, 0.1) is 11.0 Å². The average molecular weight is 743 g/mol. The van der Waals surface area contributed by atoms with Gasteiger partial charge in [0.15, 0.2) is 11.7 Å². The van der Waals surface area contributed by atoms with Crippen molar-refractivity contribution in [3.05, 3.63) is 204 Å². The summed E-state index contributed by atoms with van der Waals surface area (Å²) in [6.45, 7) is 4.69. The van der Waals surface area contributed by atoms with E-state index in [-0.39, 0.29) is 11.3 Å². The van der Waals surface area contributed by atoms with Gasteiger partial charge < -0.3 is 0 Å². The molecule has 10 aromatic rings. The van der Waals surface area contributed by atoms with Crippen LogP contribution in [0.15, 0.2) is 192 Å². The molecule has 58 heavy (non-hydrogen) atoms. The van der Waals surface area contributed by atoms with Crippen molar-refractivity contribution < 1.29 is 0 Å². The molecule has 0 aliphatic heterocycles. The molecule has 11 rings (SSSR count). The van der Waals surface area contributed by atoms with Gasteiger partial charge in [-0.2, -0.15) is 0 Å². The molecule has 0 saturated carbocycles. The minimum absolute atomic E-state index is 0.119. The molecule has 1 N–H and O–H groups in total. The van der Waals surface area contributed by atoms with E-state index in [2.05, 4.69) is 158 Å². The monoisotopic (exact) mass is 742 g/mol. The molecule has 0 unspecified atom stereocenters. The van der Waals surface area contributed by atoms with E-state index in [9.17, 15) is 0 Å². The van der Waals surface area contributed by atoms with Gasteiger partial charge in [-0.25, -0.2) is 9.98 Å². The number of nitrogens with zero attached hydrogens (tertiary/aromatic N) is 3. The molecule has 0 atom stereocenters. The predicted molar refractivity (Wildman–Crippen MR) is 245 cm³/mol. The van der Waals surface area contributed by atoms with Crippen molar-refractivity contribution in [2.75, 3.05) is 0 Å². The van der Waals surface area contributed by atoms with E-state index in [0.717, 1.165) is 65.6 Å². The summed E-state index contributed by atoms with van der Waals surface area (Å²) in [6.07, 6.45) is 1.92. The van der Waals surface area contributed by atoms with E-state index in [1.807, 2.05) is 48.8 Å². The number of hydrogen-bond acceptors (Lipinski definition) is 1. The van der Waals surface area contributed by atoms with Crippen LogP contribution in [0.3, 0.4) is 0 Å². The van der Waals surface area contributed by atoms with Crippen molar-refractivity contribution in [2.45, 2.75) is 19.3 Å². The van der Waals surface area contributed by atoms with E-state index in [0.29, 0.717) is 5.84 Å². The van der Waals surface area contributed by atoms with Crippen molar-refractivity contribution in [3.63, 3.8) is 0 Å². The second kappa shape index (κ2) is 13.1. The number of nitrogens with one attached hydrogen (secondary N) is 1. The first-order chi connectivity index (χ1) is 28.4. The SMILES string of the molecule is CC1(C)c2ccc(-c3cccc4c5ccc6ccccc6c5n(C=NC(=NC(=N)c5ccccc5)c5ccc6ccccc6c5)c34)cc2-c2c1ccc1ccccc21. The lowest BCUT2D eigenvalue weighted by Crippen LogP contribution is -2.14. The first-order valence-corrected chi connectivity index (χ1v) is 19.8. The maximum absolute atomic E-state index is 9.06. The highest BCUT2D eigenvalue weighted by Gasteiger charge is 2.36. The van der Waals surface area contributed by atoms with Gasteiger partial charge in [0.1, 0.15) is 6.34 Å². The third-order valence-electron chi connectivity index (χ3n) is 12.2. The zero-order valence-corrected chi connectivity index (χ0v) is 32.2. The average Bonchev–Trinajstić information content (AvgIpc) is 3.73. The van der Waals surface area contributed by atoms with Crippen LogP contribution in [0.5, 0.6) is 0 Å². The third kappa shape index (κ3) is 5.26. The first-order valence-electron chi connectivity index (χ1n) is 19.8. The molecule has 0 saturated heterocycles. The van der Waals surface area contributed by atoms with Gasteiger partial charge >= 0.3 is 0 Å².